The highest BCUT2D eigenvalue weighted by Gasteiger charge is 2.28. The molecule has 0 aliphatic carbocycles. The van der Waals surface area contributed by atoms with Gasteiger partial charge in [0, 0.05) is 50.2 Å². The molecule has 0 spiro atoms. The number of rotatable bonds is 6. The highest BCUT2D eigenvalue weighted by Crippen LogP contribution is 2.33. The Morgan fingerprint density at radius 2 is 1.81 bits per heavy atom. The number of ether oxygens (including phenoxy) is 2. The Labute approximate surface area is 217 Å². The maximum atomic E-state index is 12.4. The normalized spacial score (nSPS) is 17.5. The van der Waals surface area contributed by atoms with Crippen molar-refractivity contribution in [2.75, 3.05) is 56.5 Å². The molecule has 3 aromatic rings. The largest absolute Gasteiger partial charge is 0.445 e. The van der Waals surface area contributed by atoms with Gasteiger partial charge in [0.2, 0.25) is 5.95 Å². The van der Waals surface area contributed by atoms with Crippen LogP contribution in [0.4, 0.5) is 16.4 Å². The predicted molar refractivity (Wildman–Crippen MR) is 142 cm³/mol. The van der Waals surface area contributed by atoms with Crippen molar-refractivity contribution < 1.29 is 19.1 Å². The molecule has 10 heteroatoms. The smallest absolute Gasteiger partial charge is 0.439 e. The van der Waals surface area contributed by atoms with Crippen LogP contribution in [0.25, 0.3) is 16.8 Å². The summed E-state index contributed by atoms with van der Waals surface area (Å²) in [4.78, 5) is 32.3. The van der Waals surface area contributed by atoms with E-state index in [2.05, 4.69) is 19.2 Å². The lowest BCUT2D eigenvalue weighted by molar-refractivity contribution is 0.0114. The van der Waals surface area contributed by atoms with Crippen molar-refractivity contribution in [1.82, 2.24) is 19.3 Å². The topological polar surface area (TPSA) is 84.7 Å². The van der Waals surface area contributed by atoms with Crippen LogP contribution in [0.2, 0.25) is 0 Å². The van der Waals surface area contributed by atoms with Crippen molar-refractivity contribution in [3.8, 4) is 11.3 Å². The predicted octanol–water partition coefficient (Wildman–Crippen LogP) is 3.92. The van der Waals surface area contributed by atoms with Crippen molar-refractivity contribution in [3.05, 3.63) is 42.4 Å². The summed E-state index contributed by atoms with van der Waals surface area (Å²) in [6.07, 6.45) is 5.25. The molecule has 2 fully saturated rings. The van der Waals surface area contributed by atoms with Gasteiger partial charge in [-0.1, -0.05) is 12.1 Å². The molecule has 1 amide bonds. The molecule has 0 atom stereocenters. The van der Waals surface area contributed by atoms with Crippen LogP contribution in [-0.4, -0.2) is 84.0 Å². The number of carbonyl (C=O) groups excluding carboxylic acids is 1. The first-order valence-corrected chi connectivity index (χ1v) is 13.0. The quantitative estimate of drug-likeness (QED) is 0.464. The Morgan fingerprint density at radius 1 is 1.11 bits per heavy atom. The molecule has 5 rings (SSSR count). The molecular formula is C27H36N6O4. The molecule has 10 nitrogen and oxygen atoms in total. The number of carbonyl (C=O) groups is 1. The zero-order chi connectivity index (χ0) is 25.9. The minimum atomic E-state index is -0.555. The molecule has 37 heavy (non-hydrogen) atoms. The van der Waals surface area contributed by atoms with Gasteiger partial charge in [-0.15, -0.1) is 0 Å². The van der Waals surface area contributed by atoms with E-state index in [0.717, 1.165) is 85.7 Å². The highest BCUT2D eigenvalue weighted by atomic mass is 16.7. The van der Waals surface area contributed by atoms with Crippen LogP contribution in [-0.2, 0) is 14.3 Å². The zero-order valence-corrected chi connectivity index (χ0v) is 22.1. The average Bonchev–Trinajstić information content (AvgIpc) is 3.31. The molecular weight excluding hydrogens is 472 g/mol. The summed E-state index contributed by atoms with van der Waals surface area (Å²) in [5.41, 5.74) is 4.31. The van der Waals surface area contributed by atoms with E-state index in [9.17, 15) is 4.79 Å². The van der Waals surface area contributed by atoms with Crippen LogP contribution in [0.15, 0.2) is 36.7 Å². The second kappa shape index (κ2) is 11.0. The fourth-order valence-electron chi connectivity index (χ4n) is 5.27. The van der Waals surface area contributed by atoms with E-state index in [1.807, 2.05) is 43.6 Å². The Morgan fingerprint density at radius 3 is 2.46 bits per heavy atom. The van der Waals surface area contributed by atoms with Crippen molar-refractivity contribution in [1.29, 1.82) is 0 Å². The lowest BCUT2D eigenvalue weighted by atomic mass is 10.0. The van der Waals surface area contributed by atoms with Gasteiger partial charge in [-0.3, -0.25) is 19.1 Å². The monoisotopic (exact) mass is 508 g/mol. The fraction of sp³-hybridized carbons (Fsp3) is 0.519. The summed E-state index contributed by atoms with van der Waals surface area (Å²) in [5, 5.41) is 1.14. The van der Waals surface area contributed by atoms with Gasteiger partial charge in [-0.05, 0) is 45.7 Å². The molecule has 0 N–H and O–H groups in total. The lowest BCUT2D eigenvalue weighted by Crippen LogP contribution is -2.49. The number of morpholine rings is 1. The van der Waals surface area contributed by atoms with Crippen molar-refractivity contribution in [2.24, 2.45) is 0 Å². The van der Waals surface area contributed by atoms with Gasteiger partial charge in [0.1, 0.15) is 5.69 Å². The number of hydroxylamine groups is 1. The van der Waals surface area contributed by atoms with Crippen molar-refractivity contribution in [3.63, 3.8) is 0 Å². The number of benzene rings is 1. The number of amides is 1. The molecule has 198 valence electrons. The number of aryl methyl sites for hydroxylation is 1. The van der Waals surface area contributed by atoms with Gasteiger partial charge in [-0.2, -0.15) is 5.06 Å². The Balaban J connectivity index is 1.40. The van der Waals surface area contributed by atoms with Gasteiger partial charge in [0.25, 0.3) is 0 Å². The van der Waals surface area contributed by atoms with E-state index in [1.165, 1.54) is 7.11 Å². The summed E-state index contributed by atoms with van der Waals surface area (Å²) < 4.78 is 13.0. The first kappa shape index (κ1) is 25.4. The molecule has 2 aliphatic rings. The summed E-state index contributed by atoms with van der Waals surface area (Å²) in [5.74, 6) is 0.944. The minimum Gasteiger partial charge on any atom is -0.445 e. The minimum absolute atomic E-state index is 0.242. The lowest BCUT2D eigenvalue weighted by Gasteiger charge is -2.40. The number of piperidine rings is 1. The number of fused-ring (bicyclic) bond motifs is 1. The molecule has 1 aromatic carbocycles. The van der Waals surface area contributed by atoms with Gasteiger partial charge >= 0.3 is 6.09 Å². The van der Waals surface area contributed by atoms with Crippen molar-refractivity contribution >= 4 is 23.2 Å². The van der Waals surface area contributed by atoms with E-state index in [-0.39, 0.29) is 6.10 Å². The number of aromatic nitrogens is 3. The Kier molecular flexibility index (Phi) is 7.59. The molecule has 4 heterocycles. The molecule has 2 saturated heterocycles. The van der Waals surface area contributed by atoms with E-state index in [1.54, 1.807) is 13.8 Å². The van der Waals surface area contributed by atoms with Gasteiger partial charge in [-0.25, -0.2) is 9.78 Å². The number of hydrogen-bond donors (Lipinski definition) is 0. The second-order valence-corrected chi connectivity index (χ2v) is 9.81. The maximum Gasteiger partial charge on any atom is 0.439 e. The first-order chi connectivity index (χ1) is 18.0. The fourth-order valence-corrected chi connectivity index (χ4v) is 5.27. The third kappa shape index (κ3) is 5.27. The van der Waals surface area contributed by atoms with Crippen LogP contribution in [0.5, 0.6) is 0 Å². The second-order valence-electron chi connectivity index (χ2n) is 9.81. The summed E-state index contributed by atoms with van der Waals surface area (Å²) >= 11 is 0. The standard InChI is InChI=1S/C27H36N6O4/c1-19(2)37-27(34)33(35-4)23-7-5-21(6-8-23)24-25-20(3)28-11-14-32(25)26(29-24)31-12-9-22(10-13-31)30-15-17-36-18-16-30/h5-8,11,14,19,22H,9-10,12-13,15-18H2,1-4H3. The zero-order valence-electron chi connectivity index (χ0n) is 22.1. The van der Waals surface area contributed by atoms with Crippen LogP contribution < -0.4 is 9.96 Å². The molecule has 0 radical (unpaired) electrons. The first-order valence-electron chi connectivity index (χ1n) is 13.0. The average molecular weight is 509 g/mol. The molecule has 0 saturated carbocycles. The van der Waals surface area contributed by atoms with Crippen LogP contribution in [0, 0.1) is 6.92 Å². The van der Waals surface area contributed by atoms with E-state index >= 15 is 0 Å². The number of hydrogen-bond acceptors (Lipinski definition) is 8. The third-order valence-corrected chi connectivity index (χ3v) is 7.09. The van der Waals surface area contributed by atoms with Crippen molar-refractivity contribution in [2.45, 2.75) is 45.8 Å². The van der Waals surface area contributed by atoms with Crippen LogP contribution in [0.3, 0.4) is 0 Å². The SMILES string of the molecule is CON(C(=O)OC(C)C)c1ccc(-c2nc(N3CCC(N4CCOCC4)CC3)n3ccnc(C)c23)cc1. The van der Waals surface area contributed by atoms with Gasteiger partial charge in [0.15, 0.2) is 0 Å². The Bertz CT molecular complexity index is 1210. The number of anilines is 2. The molecule has 0 unspecified atom stereocenters. The Hall–Kier alpha value is -3.21. The van der Waals surface area contributed by atoms with Crippen LogP contribution in [0.1, 0.15) is 32.4 Å². The third-order valence-electron chi connectivity index (χ3n) is 7.09. The summed E-state index contributed by atoms with van der Waals surface area (Å²) in [7, 11) is 1.45. The maximum absolute atomic E-state index is 12.4. The van der Waals surface area contributed by atoms with Gasteiger partial charge in [0.05, 0.1) is 43.3 Å². The van der Waals surface area contributed by atoms with E-state index in [0.29, 0.717) is 11.7 Å². The van der Waals surface area contributed by atoms with E-state index in [4.69, 9.17) is 19.3 Å². The number of imidazole rings is 1. The van der Waals surface area contributed by atoms with Crippen LogP contribution >= 0.6 is 0 Å². The summed E-state index contributed by atoms with van der Waals surface area (Å²) in [6.45, 7) is 11.3. The highest BCUT2D eigenvalue weighted by molar-refractivity contribution is 5.87. The van der Waals surface area contributed by atoms with E-state index < -0.39 is 6.09 Å². The van der Waals surface area contributed by atoms with Gasteiger partial charge < -0.3 is 14.4 Å². The number of nitrogens with zero attached hydrogens (tertiary/aromatic N) is 6. The summed E-state index contributed by atoms with van der Waals surface area (Å²) in [6, 6.07) is 8.18. The molecule has 0 bridgehead atoms. The molecule has 2 aromatic heterocycles. The molecule has 2 aliphatic heterocycles.